The van der Waals surface area contributed by atoms with Crippen LogP contribution in [-0.2, 0) is 0 Å². The number of hydrogen-bond donors (Lipinski definition) is 0. The second-order valence-corrected chi connectivity index (χ2v) is 10.8. The lowest BCUT2D eigenvalue weighted by molar-refractivity contribution is 0.602. The maximum Gasteiger partial charge on any atom is -0.00609 e. The van der Waals surface area contributed by atoms with Crippen LogP contribution in [0.3, 0.4) is 0 Å². The Morgan fingerprint density at radius 2 is 1.05 bits per heavy atom. The summed E-state index contributed by atoms with van der Waals surface area (Å²) >= 11 is 0. The molecule has 0 amide bonds. The Kier molecular flexibility index (Phi) is 10.7. The Hall–Kier alpha value is -4.16. The van der Waals surface area contributed by atoms with Gasteiger partial charge in [-0.3, -0.25) is 0 Å². The van der Waals surface area contributed by atoms with Crippen molar-refractivity contribution in [2.45, 2.75) is 46.0 Å². The summed E-state index contributed by atoms with van der Waals surface area (Å²) in [5, 5.41) is 0. The molecule has 0 heterocycles. The molecule has 1 atom stereocenters. The smallest absolute Gasteiger partial charge is 0.00609 e. The topological polar surface area (TPSA) is 0 Å². The van der Waals surface area contributed by atoms with Crippen LogP contribution in [0.2, 0.25) is 0 Å². The first-order valence-corrected chi connectivity index (χ1v) is 14.5. The molecule has 4 rings (SSSR count). The van der Waals surface area contributed by atoms with Gasteiger partial charge in [-0.25, -0.2) is 0 Å². The van der Waals surface area contributed by atoms with Gasteiger partial charge in [-0.15, -0.1) is 0 Å². The van der Waals surface area contributed by atoms with E-state index in [2.05, 4.69) is 154 Å². The van der Waals surface area contributed by atoms with Crippen molar-refractivity contribution in [2.75, 3.05) is 0 Å². The normalized spacial score (nSPS) is 12.9. The van der Waals surface area contributed by atoms with Gasteiger partial charge in [-0.05, 0) is 83.9 Å². The SMILES string of the molecule is C=C(CCC(=C(CC(C)=Cc1ccccc1)c1ccccc1)C(C)CCC(=C)c1ccccc1)c1ccccc1. The summed E-state index contributed by atoms with van der Waals surface area (Å²) in [7, 11) is 0. The summed E-state index contributed by atoms with van der Waals surface area (Å²) in [6.45, 7) is 13.6. The molecule has 0 spiro atoms. The van der Waals surface area contributed by atoms with Crippen LogP contribution in [0.1, 0.15) is 68.2 Å². The number of allylic oxidation sites excluding steroid dienone is 5. The zero-order valence-corrected chi connectivity index (χ0v) is 24.2. The molecular weight excluding hydrogens is 480 g/mol. The van der Waals surface area contributed by atoms with Crippen molar-refractivity contribution in [1.29, 1.82) is 0 Å². The molecular formula is C40H42. The number of benzene rings is 4. The van der Waals surface area contributed by atoms with Gasteiger partial charge in [0.25, 0.3) is 0 Å². The van der Waals surface area contributed by atoms with Crippen LogP contribution in [0.25, 0.3) is 22.8 Å². The Morgan fingerprint density at radius 3 is 1.57 bits per heavy atom. The lowest BCUT2D eigenvalue weighted by atomic mass is 9.81. The molecule has 0 aliphatic heterocycles. The zero-order valence-electron chi connectivity index (χ0n) is 24.2. The Labute approximate surface area is 242 Å². The minimum Gasteiger partial charge on any atom is -0.0952 e. The molecule has 0 saturated carbocycles. The van der Waals surface area contributed by atoms with Gasteiger partial charge in [0, 0.05) is 0 Å². The predicted octanol–water partition coefficient (Wildman–Crippen LogP) is 11.6. The van der Waals surface area contributed by atoms with Crippen molar-refractivity contribution in [2.24, 2.45) is 5.92 Å². The van der Waals surface area contributed by atoms with E-state index in [1.807, 2.05) is 0 Å². The molecule has 4 aromatic rings. The highest BCUT2D eigenvalue weighted by Crippen LogP contribution is 2.37. The van der Waals surface area contributed by atoms with Gasteiger partial charge in [-0.2, -0.15) is 0 Å². The van der Waals surface area contributed by atoms with Crippen LogP contribution in [-0.4, -0.2) is 0 Å². The highest BCUT2D eigenvalue weighted by molar-refractivity contribution is 5.73. The summed E-state index contributed by atoms with van der Waals surface area (Å²) in [5.74, 6) is 0.420. The van der Waals surface area contributed by atoms with E-state index in [0.717, 1.165) is 32.1 Å². The largest absolute Gasteiger partial charge is 0.0952 e. The molecule has 1 unspecified atom stereocenters. The molecule has 0 saturated heterocycles. The fraction of sp³-hybridized carbons (Fsp3) is 0.200. The lowest BCUT2D eigenvalue weighted by Gasteiger charge is -2.24. The molecule has 202 valence electrons. The summed E-state index contributed by atoms with van der Waals surface area (Å²) in [6.07, 6.45) is 7.24. The van der Waals surface area contributed by atoms with Gasteiger partial charge < -0.3 is 0 Å². The average molecular weight is 523 g/mol. The molecule has 0 aliphatic carbocycles. The first-order chi connectivity index (χ1) is 19.5. The quantitative estimate of drug-likeness (QED) is 0.164. The average Bonchev–Trinajstić information content (AvgIpc) is 3.01. The highest BCUT2D eigenvalue weighted by Gasteiger charge is 2.18. The molecule has 0 radical (unpaired) electrons. The molecule has 4 aromatic carbocycles. The second kappa shape index (κ2) is 14.8. The molecule has 0 bridgehead atoms. The molecule has 0 aromatic heterocycles. The Bertz CT molecular complexity index is 1420. The summed E-state index contributed by atoms with van der Waals surface area (Å²) in [4.78, 5) is 0. The third-order valence-electron chi connectivity index (χ3n) is 7.71. The van der Waals surface area contributed by atoms with E-state index in [0.29, 0.717) is 5.92 Å². The van der Waals surface area contributed by atoms with Crippen molar-refractivity contribution in [3.63, 3.8) is 0 Å². The van der Waals surface area contributed by atoms with E-state index in [-0.39, 0.29) is 0 Å². The maximum atomic E-state index is 4.47. The van der Waals surface area contributed by atoms with Crippen molar-refractivity contribution < 1.29 is 0 Å². The fourth-order valence-electron chi connectivity index (χ4n) is 5.39. The molecule has 0 fully saturated rings. The van der Waals surface area contributed by atoms with Gasteiger partial charge in [0.15, 0.2) is 0 Å². The minimum absolute atomic E-state index is 0.420. The Morgan fingerprint density at radius 1 is 0.600 bits per heavy atom. The van der Waals surface area contributed by atoms with Crippen LogP contribution >= 0.6 is 0 Å². The van der Waals surface area contributed by atoms with E-state index < -0.39 is 0 Å². The van der Waals surface area contributed by atoms with Gasteiger partial charge in [0.1, 0.15) is 0 Å². The van der Waals surface area contributed by atoms with Crippen LogP contribution < -0.4 is 0 Å². The van der Waals surface area contributed by atoms with Crippen molar-refractivity contribution in [3.05, 3.63) is 168 Å². The highest BCUT2D eigenvalue weighted by atomic mass is 14.2. The van der Waals surface area contributed by atoms with Crippen LogP contribution in [0, 0.1) is 5.92 Å². The van der Waals surface area contributed by atoms with Gasteiger partial charge in [-0.1, -0.05) is 159 Å². The molecule has 0 heteroatoms. The van der Waals surface area contributed by atoms with E-state index in [1.165, 1.54) is 50.1 Å². The third kappa shape index (κ3) is 8.42. The van der Waals surface area contributed by atoms with E-state index in [1.54, 1.807) is 0 Å². The van der Waals surface area contributed by atoms with E-state index in [9.17, 15) is 0 Å². The first-order valence-electron chi connectivity index (χ1n) is 14.5. The number of hydrogen-bond acceptors (Lipinski definition) is 0. The summed E-state index contributed by atoms with van der Waals surface area (Å²) in [6, 6.07) is 42.8. The van der Waals surface area contributed by atoms with Crippen LogP contribution in [0.15, 0.2) is 146 Å². The number of rotatable bonds is 13. The summed E-state index contributed by atoms with van der Waals surface area (Å²) < 4.78 is 0. The lowest BCUT2D eigenvalue weighted by Crippen LogP contribution is -2.06. The first kappa shape index (κ1) is 28.8. The van der Waals surface area contributed by atoms with Crippen molar-refractivity contribution in [1.82, 2.24) is 0 Å². The fourth-order valence-corrected chi connectivity index (χ4v) is 5.39. The minimum atomic E-state index is 0.420. The Balaban J connectivity index is 1.67. The van der Waals surface area contributed by atoms with Gasteiger partial charge in [0.05, 0.1) is 0 Å². The van der Waals surface area contributed by atoms with Crippen LogP contribution in [0.4, 0.5) is 0 Å². The molecule has 40 heavy (non-hydrogen) atoms. The molecule has 0 N–H and O–H groups in total. The van der Waals surface area contributed by atoms with Gasteiger partial charge >= 0.3 is 0 Å². The van der Waals surface area contributed by atoms with Crippen molar-refractivity contribution in [3.8, 4) is 0 Å². The molecule has 0 nitrogen and oxygen atoms in total. The van der Waals surface area contributed by atoms with Gasteiger partial charge in [0.2, 0.25) is 0 Å². The third-order valence-corrected chi connectivity index (χ3v) is 7.71. The van der Waals surface area contributed by atoms with Crippen LogP contribution in [0.5, 0.6) is 0 Å². The van der Waals surface area contributed by atoms with E-state index in [4.69, 9.17) is 0 Å². The maximum absolute atomic E-state index is 4.47. The zero-order chi connectivity index (χ0) is 28.2. The predicted molar refractivity (Wildman–Crippen MR) is 177 cm³/mol. The van der Waals surface area contributed by atoms with Crippen molar-refractivity contribution >= 4 is 22.8 Å². The monoisotopic (exact) mass is 522 g/mol. The standard InChI is InChI=1S/C40H42/c1-31(29-35-17-9-5-10-18-35)30-40(38-23-15-8-16-24-38)39(28-27-33(3)37-21-13-7-14-22-37)34(4)26-25-32(2)36-19-11-6-12-20-36/h5-24,29,34H,2-3,25-28,30H2,1,4H3. The molecule has 0 aliphatic rings. The second-order valence-electron chi connectivity index (χ2n) is 10.8. The van der Waals surface area contributed by atoms with E-state index >= 15 is 0 Å². The summed E-state index contributed by atoms with van der Waals surface area (Å²) in [5.41, 5.74) is 11.8.